The number of carbonyl (C=O) groups is 2. The van der Waals surface area contributed by atoms with E-state index < -0.39 is 88.8 Å². The van der Waals surface area contributed by atoms with E-state index in [0.717, 1.165) is 48.8 Å². The van der Waals surface area contributed by atoms with Crippen LogP contribution in [0.15, 0.2) is 84.8 Å². The molecule has 356 valence electrons. The van der Waals surface area contributed by atoms with Gasteiger partial charge in [-0.3, -0.25) is 9.69 Å². The largest absolute Gasteiger partial charge is 0.508 e. The molecule has 0 unspecified atom stereocenters. The number of para-hydroxylation sites is 1. The first kappa shape index (κ1) is 46.3. The molecule has 1 aromatic heterocycles. The molecule has 0 bridgehead atoms. The van der Waals surface area contributed by atoms with Gasteiger partial charge in [0.1, 0.15) is 29.8 Å². The third-order valence-electron chi connectivity index (χ3n) is 15.1. The number of rotatable bonds is 13. The molecule has 11 N–H and O–H groups in total. The van der Waals surface area contributed by atoms with Crippen molar-refractivity contribution in [3.8, 4) is 23.0 Å². The van der Waals surface area contributed by atoms with Gasteiger partial charge >= 0.3 is 11.9 Å². The Hall–Kier alpha value is -5.79. The van der Waals surface area contributed by atoms with Crippen LogP contribution >= 0.6 is 0 Å². The van der Waals surface area contributed by atoms with Crippen LogP contribution in [0.4, 0.5) is 5.69 Å². The fourth-order valence-electron chi connectivity index (χ4n) is 11.9. The second kappa shape index (κ2) is 17.7. The molecule has 9 rings (SSSR count). The summed E-state index contributed by atoms with van der Waals surface area (Å²) in [6, 6.07) is 14.1. The lowest BCUT2D eigenvalue weighted by atomic mass is 9.55. The van der Waals surface area contributed by atoms with Gasteiger partial charge in [-0.05, 0) is 92.0 Å². The molecule has 2 aliphatic heterocycles. The number of nitrogens with one attached hydrogen (secondary N) is 1. The normalized spacial score (nSPS) is 29.7. The summed E-state index contributed by atoms with van der Waals surface area (Å²) < 4.78 is 11.1. The minimum Gasteiger partial charge on any atom is -0.508 e. The van der Waals surface area contributed by atoms with E-state index in [1.165, 1.54) is 30.6 Å². The van der Waals surface area contributed by atoms with E-state index in [0.29, 0.717) is 60.8 Å². The minimum absolute atomic E-state index is 0.00522. The van der Waals surface area contributed by atoms with Gasteiger partial charge in [-0.25, -0.2) is 9.78 Å². The minimum atomic E-state index is -3.18. The Morgan fingerprint density at radius 1 is 0.881 bits per heavy atom. The van der Waals surface area contributed by atoms with E-state index in [2.05, 4.69) is 9.97 Å². The number of anilines is 1. The van der Waals surface area contributed by atoms with E-state index in [4.69, 9.17) is 9.47 Å². The molecule has 4 aromatic rings. The number of aliphatic carboxylic acids is 1. The van der Waals surface area contributed by atoms with Gasteiger partial charge < -0.3 is 65.5 Å². The van der Waals surface area contributed by atoms with Crippen LogP contribution in [-0.2, 0) is 26.2 Å². The number of nitrogens with zero attached hydrogens (tertiary/aromatic N) is 2. The van der Waals surface area contributed by atoms with Crippen molar-refractivity contribution in [2.75, 3.05) is 11.5 Å². The van der Waals surface area contributed by atoms with E-state index in [1.807, 2.05) is 12.1 Å². The number of allylic oxidation sites excluding steroid dienone is 1. The lowest BCUT2D eigenvalue weighted by Crippen LogP contribution is -2.67. The molecule has 8 atom stereocenters. The summed E-state index contributed by atoms with van der Waals surface area (Å²) in [5.41, 5.74) is -0.864. The number of aromatic hydroxyl groups is 3. The Labute approximate surface area is 385 Å². The fraction of sp³-hybridized carbons (Fsp3) is 0.460. The van der Waals surface area contributed by atoms with Crippen molar-refractivity contribution in [1.82, 2.24) is 9.97 Å². The number of aliphatic hydroxyl groups is 6. The summed E-state index contributed by atoms with van der Waals surface area (Å²) in [4.78, 5) is 37.9. The van der Waals surface area contributed by atoms with E-state index in [9.17, 15) is 55.9 Å². The molecule has 1 saturated heterocycles. The van der Waals surface area contributed by atoms with Crippen LogP contribution in [0.2, 0.25) is 0 Å². The second-order valence-corrected chi connectivity index (χ2v) is 19.0. The number of phenolic OH excluding ortho intramolecular Hbond substituents is 3. The van der Waals surface area contributed by atoms with Gasteiger partial charge in [0, 0.05) is 52.9 Å². The Morgan fingerprint density at radius 2 is 1.61 bits per heavy atom. The maximum absolute atomic E-state index is 15.2. The molecule has 3 aromatic carbocycles. The van der Waals surface area contributed by atoms with Crippen LogP contribution in [0.25, 0.3) is 6.08 Å². The first-order valence-electron chi connectivity index (χ1n) is 22.9. The molecule has 3 aliphatic carbocycles. The number of aromatic nitrogens is 2. The number of aromatic amines is 1. The number of aliphatic hydroxyl groups excluding tert-OH is 4. The smallest absolute Gasteiger partial charge is 0.355 e. The number of carboxylic acid groups (broad SMARTS) is 1. The van der Waals surface area contributed by atoms with Crippen molar-refractivity contribution in [1.29, 1.82) is 0 Å². The number of fused-ring (bicyclic) bond motifs is 3. The molecule has 0 radical (unpaired) electrons. The number of phenols is 3. The maximum atomic E-state index is 15.2. The number of hydrogen-bond donors (Lipinski definition) is 11. The molecule has 1 amide bonds. The zero-order valence-electron chi connectivity index (χ0n) is 36.7. The zero-order chi connectivity index (χ0) is 47.5. The Balaban J connectivity index is 1.22. The van der Waals surface area contributed by atoms with Crippen molar-refractivity contribution in [2.24, 2.45) is 5.92 Å². The molecular weight excluding hydrogens is 867 g/mol. The number of imidazole rings is 1. The van der Waals surface area contributed by atoms with Gasteiger partial charge in [0.25, 0.3) is 5.91 Å². The molecular formula is C50H57N3O14. The molecule has 67 heavy (non-hydrogen) atoms. The van der Waals surface area contributed by atoms with Crippen LogP contribution in [0.3, 0.4) is 0 Å². The number of ether oxygens (including phenoxy) is 2. The lowest BCUT2D eigenvalue weighted by Gasteiger charge is -2.48. The zero-order valence-corrected chi connectivity index (χ0v) is 36.7. The second-order valence-electron chi connectivity index (χ2n) is 19.0. The summed E-state index contributed by atoms with van der Waals surface area (Å²) >= 11 is 0. The monoisotopic (exact) mass is 923 g/mol. The molecule has 0 spiro atoms. The summed E-state index contributed by atoms with van der Waals surface area (Å²) in [6.45, 7) is -0.915. The van der Waals surface area contributed by atoms with Crippen LogP contribution < -0.4 is 9.64 Å². The topological polar surface area (TPSA) is 287 Å². The number of hydrogen-bond acceptors (Lipinski definition) is 14. The fourth-order valence-corrected chi connectivity index (χ4v) is 11.9. The highest BCUT2D eigenvalue weighted by atomic mass is 16.8. The SMILES string of the molecule is O=C(/C=C/c1ccc(O)c(Cc2cnc[nH]2)c1)N1c2cc(O[C@]3(O)O[C@H](CO)[C@@H](O)[C@H](O)[C@H]3O)c(O)cc2[C@H]2[C@H](C3(c4ccccc4O)CCCCC3)C(CCC3(O)CCCC3)=C[C@]21C(=O)O. The van der Waals surface area contributed by atoms with E-state index >= 15 is 4.79 Å². The molecule has 17 heteroatoms. The average molecular weight is 924 g/mol. The predicted molar refractivity (Wildman–Crippen MR) is 240 cm³/mol. The van der Waals surface area contributed by atoms with Crippen LogP contribution in [-0.4, -0.2) is 121 Å². The van der Waals surface area contributed by atoms with Crippen molar-refractivity contribution >= 4 is 23.6 Å². The van der Waals surface area contributed by atoms with Gasteiger partial charge in [-0.2, -0.15) is 0 Å². The highest BCUT2D eigenvalue weighted by Crippen LogP contribution is 2.67. The number of benzene rings is 3. The lowest BCUT2D eigenvalue weighted by molar-refractivity contribution is -0.422. The predicted octanol–water partition coefficient (Wildman–Crippen LogP) is 4.13. The highest BCUT2D eigenvalue weighted by molar-refractivity contribution is 6.13. The summed E-state index contributed by atoms with van der Waals surface area (Å²) in [6.07, 6.45) is 6.71. The molecule has 3 heterocycles. The molecule has 2 saturated carbocycles. The van der Waals surface area contributed by atoms with Crippen molar-refractivity contribution in [3.05, 3.63) is 113 Å². The Kier molecular flexibility index (Phi) is 12.2. The van der Waals surface area contributed by atoms with Gasteiger partial charge in [-0.15, -0.1) is 0 Å². The highest BCUT2D eigenvalue weighted by Gasteiger charge is 2.68. The number of amides is 1. The first-order valence-corrected chi connectivity index (χ1v) is 22.9. The third kappa shape index (κ3) is 7.95. The molecule has 17 nitrogen and oxygen atoms in total. The summed E-state index contributed by atoms with van der Waals surface area (Å²) in [5, 5.41) is 111. The van der Waals surface area contributed by atoms with Gasteiger partial charge in [0.05, 0.1) is 24.2 Å². The van der Waals surface area contributed by atoms with E-state index in [1.54, 1.807) is 36.5 Å². The van der Waals surface area contributed by atoms with Gasteiger partial charge in [-0.1, -0.05) is 61.9 Å². The van der Waals surface area contributed by atoms with Crippen LogP contribution in [0.5, 0.6) is 23.0 Å². The number of H-pyrrole nitrogens is 1. The Morgan fingerprint density at radius 3 is 2.30 bits per heavy atom. The number of carboxylic acids is 1. The number of carbonyl (C=O) groups excluding carboxylic acids is 1. The first-order chi connectivity index (χ1) is 32.0. The quantitative estimate of drug-likeness (QED) is 0.0511. The molecule has 3 fully saturated rings. The van der Waals surface area contributed by atoms with Crippen molar-refractivity contribution in [3.63, 3.8) is 0 Å². The Bertz CT molecular complexity index is 2570. The van der Waals surface area contributed by atoms with Crippen molar-refractivity contribution in [2.45, 2.75) is 130 Å². The molecule has 5 aliphatic rings. The standard InChI is InChI=1S/C50H57N3O14/c54-26-39-43(59)44(60)45(61)50(65,67-39)66-38-23-34-32(22-37(38)57)42-41(48(17-4-1-5-18-48)33-8-2-3-9-36(33)56)29(14-19-47(64)15-6-7-16-47)24-49(42,46(62)63)53(34)40(58)13-11-28-10-12-35(55)30(20-28)21-31-25-51-27-52-31/h2-3,8-13,20,22-25,27,39,41-45,54-57,59-61,64-65H,1,4-7,14-19,21,26H2,(H,51,52)(H,62,63)/b13-11+/t39-,41-,42+,43-,44+,45-,49-,50+/m1/s1. The van der Waals surface area contributed by atoms with Crippen LogP contribution in [0, 0.1) is 5.92 Å². The van der Waals surface area contributed by atoms with Gasteiger partial charge in [0.2, 0.25) is 0 Å². The summed E-state index contributed by atoms with van der Waals surface area (Å²) in [5.74, 6) is -8.48. The average Bonchev–Trinajstić information content (AvgIpc) is 4.12. The van der Waals surface area contributed by atoms with E-state index in [-0.39, 0.29) is 29.2 Å². The maximum Gasteiger partial charge on any atom is 0.355 e. The van der Waals surface area contributed by atoms with Crippen LogP contribution in [0.1, 0.15) is 104 Å². The van der Waals surface area contributed by atoms with Gasteiger partial charge in [0.15, 0.2) is 23.1 Å². The summed E-state index contributed by atoms with van der Waals surface area (Å²) in [7, 11) is 0. The third-order valence-corrected chi connectivity index (χ3v) is 15.1. The van der Waals surface area contributed by atoms with Crippen molar-refractivity contribution < 1.29 is 70.1 Å².